The number of aryl methyl sites for hydroxylation is 1. The molecule has 196 valence electrons. The summed E-state index contributed by atoms with van der Waals surface area (Å²) in [5, 5.41) is 16.1. The summed E-state index contributed by atoms with van der Waals surface area (Å²) in [5.41, 5.74) is 5.05. The summed E-state index contributed by atoms with van der Waals surface area (Å²) in [4.78, 5) is 37.3. The van der Waals surface area contributed by atoms with Gasteiger partial charge >= 0.3 is 0 Å². The van der Waals surface area contributed by atoms with Gasteiger partial charge in [0.05, 0.1) is 12.8 Å². The Kier molecular flexibility index (Phi) is 9.92. The van der Waals surface area contributed by atoms with Gasteiger partial charge in [-0.25, -0.2) is 5.43 Å². The summed E-state index contributed by atoms with van der Waals surface area (Å²) in [6.45, 7) is 3.23. The summed E-state index contributed by atoms with van der Waals surface area (Å²) in [6, 6.07) is 16.1. The minimum atomic E-state index is -0.581. The molecule has 0 aliphatic rings. The highest BCUT2D eigenvalue weighted by Crippen LogP contribution is 2.23. The first-order valence-corrected chi connectivity index (χ1v) is 12.2. The number of benzene rings is 2. The highest BCUT2D eigenvalue weighted by molar-refractivity contribution is 9.10. The van der Waals surface area contributed by atoms with Crippen LogP contribution in [-0.4, -0.2) is 36.3 Å². The van der Waals surface area contributed by atoms with E-state index in [0.717, 1.165) is 5.56 Å². The quantitative estimate of drug-likeness (QED) is 0.279. The minimum absolute atomic E-state index is 0.0846. The maximum Gasteiger partial charge on any atom is 0.269 e. The van der Waals surface area contributed by atoms with Crippen LogP contribution in [0.25, 0.3) is 0 Å². The monoisotopic (exact) mass is 579 g/mol. The predicted octanol–water partition coefficient (Wildman–Crippen LogP) is 3.41. The molecule has 11 heteroatoms. The number of carbonyl (C=O) groups is 2. The van der Waals surface area contributed by atoms with Crippen molar-refractivity contribution in [3.63, 3.8) is 0 Å². The average molecular weight is 580 g/mol. The van der Waals surface area contributed by atoms with Gasteiger partial charge in [-0.05, 0) is 77.3 Å². The van der Waals surface area contributed by atoms with Gasteiger partial charge in [0.2, 0.25) is 0 Å². The van der Waals surface area contributed by atoms with Crippen LogP contribution in [0, 0.1) is 25.2 Å². The van der Waals surface area contributed by atoms with E-state index in [1.165, 1.54) is 17.9 Å². The summed E-state index contributed by atoms with van der Waals surface area (Å²) in [7, 11) is 1.47. The number of hydrogen-bond donors (Lipinski definition) is 2. The van der Waals surface area contributed by atoms with Gasteiger partial charge in [0.25, 0.3) is 17.4 Å². The van der Waals surface area contributed by atoms with Crippen LogP contribution in [0.5, 0.6) is 5.75 Å². The molecular weight excluding hydrogens is 554 g/mol. The Balaban J connectivity index is 1.54. The fourth-order valence-electron chi connectivity index (χ4n) is 3.53. The van der Waals surface area contributed by atoms with Crippen LogP contribution in [0.2, 0.25) is 0 Å². The van der Waals surface area contributed by atoms with Gasteiger partial charge in [-0.2, -0.15) is 10.4 Å². The zero-order valence-corrected chi connectivity index (χ0v) is 22.7. The van der Waals surface area contributed by atoms with E-state index in [0.29, 0.717) is 32.7 Å². The highest BCUT2D eigenvalue weighted by Gasteiger charge is 2.19. The van der Waals surface area contributed by atoms with Crippen molar-refractivity contribution in [3.8, 4) is 11.8 Å². The number of aromatic nitrogens is 1. The first-order valence-electron chi connectivity index (χ1n) is 11.5. The third-order valence-corrected chi connectivity index (χ3v) is 6.46. The highest BCUT2D eigenvalue weighted by atomic mass is 79.9. The number of halogens is 1. The fourth-order valence-corrected chi connectivity index (χ4v) is 4.05. The molecule has 0 atom stereocenters. The molecule has 1 heterocycles. The molecule has 2 amide bonds. The molecule has 3 aromatic rings. The van der Waals surface area contributed by atoms with Gasteiger partial charge in [-0.1, -0.05) is 12.1 Å². The number of rotatable bonds is 10. The SMILES string of the molecule is COCc1c(Br)c(C)n(CC(=O)N/N=C/c2ccc(OCC(=O)Nc3cccc(C)c3)cc2)c(=O)c1C#N. The van der Waals surface area contributed by atoms with Gasteiger partial charge in [-0.3, -0.25) is 14.4 Å². The van der Waals surface area contributed by atoms with E-state index in [1.54, 1.807) is 37.3 Å². The Morgan fingerprint density at radius 3 is 2.55 bits per heavy atom. The molecule has 0 saturated heterocycles. The number of carbonyl (C=O) groups excluding carboxylic acids is 2. The smallest absolute Gasteiger partial charge is 0.269 e. The third-order valence-electron chi connectivity index (χ3n) is 5.41. The van der Waals surface area contributed by atoms with E-state index < -0.39 is 11.5 Å². The van der Waals surface area contributed by atoms with Crippen molar-refractivity contribution in [3.05, 3.63) is 91.3 Å². The molecule has 0 fully saturated rings. The Bertz CT molecular complexity index is 1460. The molecule has 0 saturated carbocycles. The lowest BCUT2D eigenvalue weighted by Crippen LogP contribution is -2.33. The van der Waals surface area contributed by atoms with Crippen LogP contribution >= 0.6 is 15.9 Å². The predicted molar refractivity (Wildman–Crippen MR) is 146 cm³/mol. The number of amides is 2. The second kappa shape index (κ2) is 13.3. The maximum absolute atomic E-state index is 12.7. The Morgan fingerprint density at radius 2 is 1.89 bits per heavy atom. The van der Waals surface area contributed by atoms with E-state index in [-0.39, 0.29) is 31.2 Å². The van der Waals surface area contributed by atoms with Gasteiger partial charge in [0.15, 0.2) is 6.61 Å². The summed E-state index contributed by atoms with van der Waals surface area (Å²) in [6.07, 6.45) is 1.43. The Labute approximate surface area is 228 Å². The van der Waals surface area contributed by atoms with Crippen molar-refractivity contribution in [1.82, 2.24) is 9.99 Å². The second-order valence-electron chi connectivity index (χ2n) is 8.26. The largest absolute Gasteiger partial charge is 0.484 e. The molecule has 10 nitrogen and oxygen atoms in total. The number of methoxy groups -OCH3 is 1. The zero-order valence-electron chi connectivity index (χ0n) is 21.1. The summed E-state index contributed by atoms with van der Waals surface area (Å²) in [5.74, 6) is -0.321. The van der Waals surface area contributed by atoms with Crippen molar-refractivity contribution in [1.29, 1.82) is 5.26 Å². The lowest BCUT2D eigenvalue weighted by Gasteiger charge is -2.15. The maximum atomic E-state index is 12.7. The standard InChI is InChI=1S/C27H26BrN5O5/c1-17-5-4-6-20(11-17)31-25(35)16-38-21-9-7-19(8-10-21)13-30-32-24(34)14-33-18(2)26(28)23(15-37-3)22(12-29)27(33)36/h4-11,13H,14-16H2,1-3H3,(H,31,35)(H,32,34)/b30-13+. The number of ether oxygens (including phenoxy) is 2. The number of hydrazone groups is 1. The zero-order chi connectivity index (χ0) is 27.7. The number of nitrogens with zero attached hydrogens (tertiary/aromatic N) is 3. The van der Waals surface area contributed by atoms with Crippen molar-refractivity contribution in [2.24, 2.45) is 5.10 Å². The topological polar surface area (TPSA) is 135 Å². The minimum Gasteiger partial charge on any atom is -0.484 e. The van der Waals surface area contributed by atoms with E-state index in [9.17, 15) is 19.6 Å². The van der Waals surface area contributed by atoms with Crippen LogP contribution in [0.15, 0.2) is 62.9 Å². The van der Waals surface area contributed by atoms with Gasteiger partial charge in [-0.15, -0.1) is 0 Å². The lowest BCUT2D eigenvalue weighted by molar-refractivity contribution is -0.121. The molecule has 0 radical (unpaired) electrons. The van der Waals surface area contributed by atoms with Crippen LogP contribution in [0.1, 0.15) is 27.9 Å². The van der Waals surface area contributed by atoms with Crippen molar-refractivity contribution in [2.45, 2.75) is 27.0 Å². The number of nitriles is 1. The molecule has 3 rings (SSSR count). The van der Waals surface area contributed by atoms with Crippen molar-refractivity contribution >= 4 is 39.6 Å². The molecule has 2 N–H and O–H groups in total. The second-order valence-corrected chi connectivity index (χ2v) is 9.05. The average Bonchev–Trinajstić information content (AvgIpc) is 2.89. The molecule has 0 aliphatic heterocycles. The van der Waals surface area contributed by atoms with E-state index in [2.05, 4.69) is 31.8 Å². The van der Waals surface area contributed by atoms with Gasteiger partial charge < -0.3 is 19.4 Å². The first-order chi connectivity index (χ1) is 18.2. The number of pyridine rings is 1. The summed E-state index contributed by atoms with van der Waals surface area (Å²) >= 11 is 3.39. The molecule has 0 unspecified atom stereocenters. The first kappa shape index (κ1) is 28.3. The molecule has 0 spiro atoms. The summed E-state index contributed by atoms with van der Waals surface area (Å²) < 4.78 is 12.3. The number of anilines is 1. The number of nitrogens with one attached hydrogen (secondary N) is 2. The molecule has 2 aromatic carbocycles. The van der Waals surface area contributed by atoms with E-state index in [4.69, 9.17) is 9.47 Å². The van der Waals surface area contributed by atoms with Gasteiger partial charge in [0, 0.05) is 28.5 Å². The molecule has 1 aromatic heterocycles. The molecular formula is C27H26BrN5O5. The van der Waals surface area contributed by atoms with E-state index >= 15 is 0 Å². The van der Waals surface area contributed by atoms with Gasteiger partial charge in [0.1, 0.15) is 23.9 Å². The molecule has 0 bridgehead atoms. The lowest BCUT2D eigenvalue weighted by atomic mass is 10.1. The Hall–Kier alpha value is -4.27. The van der Waals surface area contributed by atoms with Crippen molar-refractivity contribution in [2.75, 3.05) is 19.0 Å². The van der Waals surface area contributed by atoms with E-state index in [1.807, 2.05) is 31.2 Å². The van der Waals surface area contributed by atoms with Crippen LogP contribution in [0.4, 0.5) is 5.69 Å². The molecule has 38 heavy (non-hydrogen) atoms. The van der Waals surface area contributed by atoms with Crippen LogP contribution < -0.4 is 21.0 Å². The number of hydrogen-bond acceptors (Lipinski definition) is 7. The van der Waals surface area contributed by atoms with Crippen molar-refractivity contribution < 1.29 is 19.1 Å². The third kappa shape index (κ3) is 7.38. The van der Waals surface area contributed by atoms with Crippen LogP contribution in [0.3, 0.4) is 0 Å². The Morgan fingerprint density at radius 1 is 1.16 bits per heavy atom. The van der Waals surface area contributed by atoms with Crippen LogP contribution in [-0.2, 0) is 27.5 Å². The fraction of sp³-hybridized carbons (Fsp3) is 0.222. The molecule has 0 aliphatic carbocycles. The normalized spacial score (nSPS) is 10.7.